The van der Waals surface area contributed by atoms with Crippen molar-refractivity contribution in [2.75, 3.05) is 4.90 Å². The van der Waals surface area contributed by atoms with E-state index in [1.54, 1.807) is 6.08 Å². The summed E-state index contributed by atoms with van der Waals surface area (Å²) >= 11 is 0. The van der Waals surface area contributed by atoms with Crippen molar-refractivity contribution in [1.82, 2.24) is 0 Å². The summed E-state index contributed by atoms with van der Waals surface area (Å²) in [6, 6.07) is 18.9. The molecule has 0 amide bonds. The average molecular weight is 275 g/mol. The quantitative estimate of drug-likeness (QED) is 0.616. The number of hydrogen-bond acceptors (Lipinski definition) is 1. The molecule has 0 bridgehead atoms. The molecule has 0 spiro atoms. The minimum absolute atomic E-state index is 1.00. The fourth-order valence-electron chi connectivity index (χ4n) is 2.26. The van der Waals surface area contributed by atoms with E-state index in [1.807, 2.05) is 30.4 Å². The van der Waals surface area contributed by atoms with Gasteiger partial charge in [0.15, 0.2) is 0 Å². The molecule has 1 nitrogen and oxygen atoms in total. The predicted octanol–water partition coefficient (Wildman–Crippen LogP) is 5.64. The largest absolute Gasteiger partial charge is 0.311 e. The fourth-order valence-corrected chi connectivity index (χ4v) is 2.26. The van der Waals surface area contributed by atoms with Crippen molar-refractivity contribution >= 4 is 11.4 Å². The smallest absolute Gasteiger partial charge is 0.0461 e. The van der Waals surface area contributed by atoms with E-state index in [9.17, 15) is 0 Å². The molecular weight excluding hydrogens is 254 g/mol. The summed E-state index contributed by atoms with van der Waals surface area (Å²) in [5.41, 5.74) is 4.56. The van der Waals surface area contributed by atoms with E-state index in [-0.39, 0.29) is 0 Å². The highest BCUT2D eigenvalue weighted by molar-refractivity contribution is 5.70. The summed E-state index contributed by atoms with van der Waals surface area (Å²) < 4.78 is 0. The molecule has 0 N–H and O–H groups in total. The van der Waals surface area contributed by atoms with Crippen LogP contribution >= 0.6 is 0 Å². The van der Waals surface area contributed by atoms with E-state index in [1.165, 1.54) is 5.56 Å². The molecule has 0 heterocycles. The Morgan fingerprint density at radius 2 is 1.57 bits per heavy atom. The SMILES string of the molecule is C=C/C=C(\C=C)N(c1ccccc1)c1ccc(CC)cc1. The fraction of sp³-hybridized carbons (Fsp3) is 0.100. The predicted molar refractivity (Wildman–Crippen MR) is 92.9 cm³/mol. The van der Waals surface area contributed by atoms with Gasteiger partial charge in [-0.25, -0.2) is 0 Å². The minimum atomic E-state index is 1.00. The molecule has 0 saturated carbocycles. The van der Waals surface area contributed by atoms with Gasteiger partial charge in [-0.05, 0) is 48.4 Å². The number of rotatable bonds is 6. The van der Waals surface area contributed by atoms with Crippen LogP contribution in [0.4, 0.5) is 11.4 Å². The molecule has 0 aliphatic heterocycles. The molecular formula is C20H21N. The van der Waals surface area contributed by atoms with Gasteiger partial charge in [-0.15, -0.1) is 0 Å². The van der Waals surface area contributed by atoms with Gasteiger partial charge in [0.25, 0.3) is 0 Å². The first-order chi connectivity index (χ1) is 10.3. The van der Waals surface area contributed by atoms with Crippen molar-refractivity contribution in [3.63, 3.8) is 0 Å². The zero-order valence-corrected chi connectivity index (χ0v) is 12.5. The maximum Gasteiger partial charge on any atom is 0.0461 e. The van der Waals surface area contributed by atoms with E-state index in [4.69, 9.17) is 0 Å². The number of anilines is 2. The van der Waals surface area contributed by atoms with Gasteiger partial charge in [-0.1, -0.05) is 56.5 Å². The van der Waals surface area contributed by atoms with Gasteiger partial charge in [0.1, 0.15) is 0 Å². The molecule has 1 heteroatoms. The number of hydrogen-bond donors (Lipinski definition) is 0. The Morgan fingerprint density at radius 3 is 2.10 bits per heavy atom. The lowest BCUT2D eigenvalue weighted by atomic mass is 10.1. The Balaban J connectivity index is 2.51. The molecule has 0 aliphatic rings. The highest BCUT2D eigenvalue weighted by atomic mass is 15.1. The minimum Gasteiger partial charge on any atom is -0.311 e. The Morgan fingerprint density at radius 1 is 0.952 bits per heavy atom. The monoisotopic (exact) mass is 275 g/mol. The van der Waals surface area contributed by atoms with Crippen LogP contribution in [-0.4, -0.2) is 0 Å². The number of nitrogens with zero attached hydrogens (tertiary/aromatic N) is 1. The normalized spacial score (nSPS) is 11.0. The maximum absolute atomic E-state index is 3.93. The highest BCUT2D eigenvalue weighted by Crippen LogP contribution is 2.30. The van der Waals surface area contributed by atoms with E-state index >= 15 is 0 Å². The first kappa shape index (κ1) is 14.9. The third-order valence-electron chi connectivity index (χ3n) is 3.37. The van der Waals surface area contributed by atoms with Crippen molar-refractivity contribution in [2.24, 2.45) is 0 Å². The second-order valence-corrected chi connectivity index (χ2v) is 4.72. The van der Waals surface area contributed by atoms with Gasteiger partial charge in [0.05, 0.1) is 0 Å². The van der Waals surface area contributed by atoms with Gasteiger partial charge >= 0.3 is 0 Å². The van der Waals surface area contributed by atoms with Crippen LogP contribution in [0.3, 0.4) is 0 Å². The Bertz CT molecular complexity index is 621. The number of para-hydroxylation sites is 1. The lowest BCUT2D eigenvalue weighted by Gasteiger charge is -2.26. The van der Waals surface area contributed by atoms with Crippen LogP contribution in [-0.2, 0) is 6.42 Å². The van der Waals surface area contributed by atoms with Crippen molar-refractivity contribution in [3.8, 4) is 0 Å². The molecule has 0 unspecified atom stereocenters. The summed E-state index contributed by atoms with van der Waals surface area (Å²) in [6.45, 7) is 9.89. The first-order valence-corrected chi connectivity index (χ1v) is 7.19. The van der Waals surface area contributed by atoms with Crippen LogP contribution in [0.2, 0.25) is 0 Å². The third-order valence-corrected chi connectivity index (χ3v) is 3.37. The average Bonchev–Trinajstić information content (AvgIpc) is 2.56. The Kier molecular flexibility index (Phi) is 5.16. The van der Waals surface area contributed by atoms with Crippen molar-refractivity contribution in [3.05, 3.63) is 97.2 Å². The topological polar surface area (TPSA) is 3.24 Å². The van der Waals surface area contributed by atoms with Gasteiger partial charge in [0, 0.05) is 17.1 Å². The summed E-state index contributed by atoms with van der Waals surface area (Å²) in [7, 11) is 0. The van der Waals surface area contributed by atoms with Crippen LogP contribution in [0.15, 0.2) is 91.7 Å². The second kappa shape index (κ2) is 7.30. The van der Waals surface area contributed by atoms with E-state index in [0.717, 1.165) is 23.5 Å². The van der Waals surface area contributed by atoms with Gasteiger partial charge in [-0.2, -0.15) is 0 Å². The highest BCUT2D eigenvalue weighted by Gasteiger charge is 2.11. The molecule has 0 saturated heterocycles. The first-order valence-electron chi connectivity index (χ1n) is 7.19. The van der Waals surface area contributed by atoms with Gasteiger partial charge in [-0.3, -0.25) is 0 Å². The van der Waals surface area contributed by atoms with Crippen LogP contribution in [0.5, 0.6) is 0 Å². The molecule has 0 aromatic heterocycles. The summed E-state index contributed by atoms with van der Waals surface area (Å²) in [4.78, 5) is 2.17. The Labute approximate surface area is 127 Å². The molecule has 0 radical (unpaired) electrons. The summed E-state index contributed by atoms with van der Waals surface area (Å²) in [5.74, 6) is 0. The lowest BCUT2D eigenvalue weighted by Crippen LogP contribution is -2.14. The van der Waals surface area contributed by atoms with Crippen LogP contribution < -0.4 is 4.90 Å². The number of benzene rings is 2. The zero-order chi connectivity index (χ0) is 15.1. The van der Waals surface area contributed by atoms with E-state index < -0.39 is 0 Å². The maximum atomic E-state index is 3.93. The molecule has 106 valence electrons. The zero-order valence-electron chi connectivity index (χ0n) is 12.5. The standard InChI is InChI=1S/C20H21N/c1-4-10-18(6-3)21(19-11-8-7-9-12-19)20-15-13-17(5-2)14-16-20/h4,6-16H,1,3,5H2,2H3/b18-10+. The van der Waals surface area contributed by atoms with Crippen LogP contribution in [0.1, 0.15) is 12.5 Å². The van der Waals surface area contributed by atoms with Crippen molar-refractivity contribution in [2.45, 2.75) is 13.3 Å². The Hall–Kier alpha value is -2.54. The number of allylic oxidation sites excluding steroid dienone is 3. The lowest BCUT2D eigenvalue weighted by molar-refractivity contribution is 1.13. The molecule has 2 aromatic rings. The third kappa shape index (κ3) is 3.51. The van der Waals surface area contributed by atoms with E-state index in [0.29, 0.717) is 0 Å². The van der Waals surface area contributed by atoms with Crippen LogP contribution in [0, 0.1) is 0 Å². The molecule has 0 aliphatic carbocycles. The molecule has 0 fully saturated rings. The van der Waals surface area contributed by atoms with Gasteiger partial charge < -0.3 is 4.90 Å². The van der Waals surface area contributed by atoms with Crippen molar-refractivity contribution in [1.29, 1.82) is 0 Å². The van der Waals surface area contributed by atoms with Gasteiger partial charge in [0.2, 0.25) is 0 Å². The van der Waals surface area contributed by atoms with Crippen molar-refractivity contribution < 1.29 is 0 Å². The second-order valence-electron chi connectivity index (χ2n) is 4.72. The van der Waals surface area contributed by atoms with Crippen LogP contribution in [0.25, 0.3) is 0 Å². The molecule has 21 heavy (non-hydrogen) atoms. The molecule has 2 aromatic carbocycles. The number of aryl methyl sites for hydroxylation is 1. The van der Waals surface area contributed by atoms with E-state index in [2.05, 4.69) is 61.4 Å². The molecule has 2 rings (SSSR count). The molecule has 0 atom stereocenters. The summed E-state index contributed by atoms with van der Waals surface area (Å²) in [5, 5.41) is 0. The summed E-state index contributed by atoms with van der Waals surface area (Å²) in [6.07, 6.45) is 6.64.